The lowest BCUT2D eigenvalue weighted by Crippen LogP contribution is -2.24. The van der Waals surface area contributed by atoms with Crippen LogP contribution in [0.2, 0.25) is 0 Å². The van der Waals surface area contributed by atoms with Crippen LogP contribution in [0.15, 0.2) is 11.3 Å². The molecule has 0 saturated carbocycles. The van der Waals surface area contributed by atoms with Crippen molar-refractivity contribution in [1.29, 1.82) is 0 Å². The van der Waals surface area contributed by atoms with Crippen LogP contribution in [-0.4, -0.2) is 11.0 Å². The first-order valence-electron chi connectivity index (χ1n) is 4.51. The average Bonchev–Trinajstić information content (AvgIpc) is 2.28. The SMILES string of the molecule is O=C1NC2=C(CCCCC2)CS1. The quantitative estimate of drug-likeness (QED) is 0.625. The van der Waals surface area contributed by atoms with E-state index in [1.54, 1.807) is 0 Å². The third kappa shape index (κ3) is 1.66. The van der Waals surface area contributed by atoms with E-state index in [0.29, 0.717) is 0 Å². The van der Waals surface area contributed by atoms with Gasteiger partial charge in [0.15, 0.2) is 0 Å². The van der Waals surface area contributed by atoms with E-state index in [9.17, 15) is 4.79 Å². The van der Waals surface area contributed by atoms with Gasteiger partial charge in [-0.25, -0.2) is 0 Å². The summed E-state index contributed by atoms with van der Waals surface area (Å²) in [6.45, 7) is 0. The van der Waals surface area contributed by atoms with Crippen molar-refractivity contribution < 1.29 is 4.79 Å². The normalized spacial score (nSPS) is 24.5. The number of nitrogens with one attached hydrogen (secondary N) is 1. The van der Waals surface area contributed by atoms with E-state index in [0.717, 1.165) is 12.2 Å². The molecule has 2 aliphatic rings. The fourth-order valence-electron chi connectivity index (χ4n) is 1.77. The lowest BCUT2D eigenvalue weighted by Gasteiger charge is -2.18. The van der Waals surface area contributed by atoms with Gasteiger partial charge in [0.05, 0.1) is 0 Å². The fraction of sp³-hybridized carbons (Fsp3) is 0.667. The van der Waals surface area contributed by atoms with Gasteiger partial charge in [0.25, 0.3) is 5.24 Å². The predicted octanol–water partition coefficient (Wildman–Crippen LogP) is 2.66. The molecular formula is C9H13NOS. The van der Waals surface area contributed by atoms with Gasteiger partial charge in [-0.2, -0.15) is 0 Å². The Hall–Kier alpha value is -0.440. The molecule has 0 fully saturated rings. The summed E-state index contributed by atoms with van der Waals surface area (Å²) in [5.41, 5.74) is 2.72. The molecule has 0 aromatic heterocycles. The summed E-state index contributed by atoms with van der Waals surface area (Å²) < 4.78 is 0. The molecule has 0 unspecified atom stereocenters. The van der Waals surface area contributed by atoms with E-state index in [4.69, 9.17) is 0 Å². The zero-order valence-corrected chi connectivity index (χ0v) is 7.88. The molecule has 2 nitrogen and oxygen atoms in total. The Labute approximate surface area is 76.8 Å². The Kier molecular flexibility index (Phi) is 2.40. The van der Waals surface area contributed by atoms with E-state index in [-0.39, 0.29) is 5.24 Å². The Balaban J connectivity index is 2.15. The minimum absolute atomic E-state index is 0.135. The van der Waals surface area contributed by atoms with Gasteiger partial charge in [0.1, 0.15) is 0 Å². The maximum atomic E-state index is 11.0. The van der Waals surface area contributed by atoms with Crippen LogP contribution in [-0.2, 0) is 0 Å². The van der Waals surface area contributed by atoms with Gasteiger partial charge in [-0.1, -0.05) is 18.2 Å². The molecule has 0 radical (unpaired) electrons. The highest BCUT2D eigenvalue weighted by atomic mass is 32.2. The Morgan fingerprint density at radius 1 is 1.17 bits per heavy atom. The molecule has 12 heavy (non-hydrogen) atoms. The smallest absolute Gasteiger partial charge is 0.283 e. The summed E-state index contributed by atoms with van der Waals surface area (Å²) >= 11 is 1.41. The predicted molar refractivity (Wildman–Crippen MR) is 51.1 cm³/mol. The van der Waals surface area contributed by atoms with Crippen LogP contribution in [0.5, 0.6) is 0 Å². The molecule has 0 bridgehead atoms. The molecule has 1 aliphatic carbocycles. The molecule has 0 aromatic carbocycles. The van der Waals surface area contributed by atoms with Crippen molar-refractivity contribution in [3.05, 3.63) is 11.3 Å². The average molecular weight is 183 g/mol. The van der Waals surface area contributed by atoms with Crippen molar-refractivity contribution >= 4 is 17.0 Å². The maximum absolute atomic E-state index is 11.0. The first kappa shape index (κ1) is 8.17. The second-order valence-electron chi connectivity index (χ2n) is 3.34. The van der Waals surface area contributed by atoms with Gasteiger partial charge >= 0.3 is 0 Å². The topological polar surface area (TPSA) is 29.1 Å². The summed E-state index contributed by atoms with van der Waals surface area (Å²) in [4.78, 5) is 11.0. The summed E-state index contributed by atoms with van der Waals surface area (Å²) in [6.07, 6.45) is 6.14. The molecule has 66 valence electrons. The van der Waals surface area contributed by atoms with Crippen LogP contribution in [0.25, 0.3) is 0 Å². The van der Waals surface area contributed by atoms with Crippen LogP contribution in [0.1, 0.15) is 32.1 Å². The molecule has 1 N–H and O–H groups in total. The van der Waals surface area contributed by atoms with E-state index in [1.165, 1.54) is 48.7 Å². The monoisotopic (exact) mass is 183 g/mol. The minimum Gasteiger partial charge on any atom is -0.321 e. The third-order valence-corrected chi connectivity index (χ3v) is 3.32. The maximum Gasteiger partial charge on any atom is 0.283 e. The van der Waals surface area contributed by atoms with Crippen LogP contribution in [0, 0.1) is 0 Å². The van der Waals surface area contributed by atoms with Crippen LogP contribution < -0.4 is 5.32 Å². The molecule has 0 saturated heterocycles. The van der Waals surface area contributed by atoms with Gasteiger partial charge in [-0.05, 0) is 31.3 Å². The molecule has 2 rings (SSSR count). The highest BCUT2D eigenvalue weighted by Crippen LogP contribution is 2.28. The van der Waals surface area contributed by atoms with Gasteiger partial charge in [0, 0.05) is 11.4 Å². The zero-order valence-electron chi connectivity index (χ0n) is 7.06. The molecule has 1 aliphatic heterocycles. The van der Waals surface area contributed by atoms with Crippen molar-refractivity contribution in [3.8, 4) is 0 Å². The molecule has 3 heteroatoms. The Morgan fingerprint density at radius 2 is 2.00 bits per heavy atom. The summed E-state index contributed by atoms with van der Waals surface area (Å²) in [5.74, 6) is 0.932. The van der Waals surface area contributed by atoms with E-state index >= 15 is 0 Å². The Bertz CT molecular complexity index is 235. The highest BCUT2D eigenvalue weighted by Gasteiger charge is 2.19. The van der Waals surface area contributed by atoms with Crippen molar-refractivity contribution in [3.63, 3.8) is 0 Å². The van der Waals surface area contributed by atoms with Crippen LogP contribution in [0.3, 0.4) is 0 Å². The van der Waals surface area contributed by atoms with Crippen molar-refractivity contribution in [1.82, 2.24) is 5.32 Å². The Morgan fingerprint density at radius 3 is 2.92 bits per heavy atom. The lowest BCUT2D eigenvalue weighted by atomic mass is 10.1. The van der Waals surface area contributed by atoms with Gasteiger partial charge in [0.2, 0.25) is 0 Å². The molecule has 0 spiro atoms. The number of amides is 1. The van der Waals surface area contributed by atoms with Gasteiger partial charge in [-0.3, -0.25) is 4.79 Å². The number of hydrogen-bond acceptors (Lipinski definition) is 2. The second kappa shape index (κ2) is 3.52. The standard InChI is InChI=1S/C9H13NOS/c11-9-10-8-5-3-1-2-4-7(8)6-12-9/h1-6H2,(H,10,11). The number of carbonyl (C=O) groups is 1. The molecular weight excluding hydrogens is 170 g/mol. The van der Waals surface area contributed by atoms with Gasteiger partial charge < -0.3 is 5.32 Å². The number of rotatable bonds is 0. The molecule has 1 amide bonds. The molecule has 1 heterocycles. The van der Waals surface area contributed by atoms with E-state index in [1.807, 2.05) is 0 Å². The molecule has 0 aromatic rings. The number of allylic oxidation sites excluding steroid dienone is 1. The highest BCUT2D eigenvalue weighted by molar-refractivity contribution is 8.13. The number of carbonyl (C=O) groups excluding carboxylic acids is 1. The summed E-state index contributed by atoms with van der Waals surface area (Å²) in [5, 5.41) is 3.10. The van der Waals surface area contributed by atoms with Crippen LogP contribution in [0.4, 0.5) is 4.79 Å². The largest absolute Gasteiger partial charge is 0.321 e. The summed E-state index contributed by atoms with van der Waals surface area (Å²) in [6, 6.07) is 0. The van der Waals surface area contributed by atoms with Crippen molar-refractivity contribution in [2.75, 3.05) is 5.75 Å². The number of thioether (sulfide) groups is 1. The minimum atomic E-state index is 0.135. The number of hydrogen-bond donors (Lipinski definition) is 1. The van der Waals surface area contributed by atoms with E-state index in [2.05, 4.69) is 5.32 Å². The van der Waals surface area contributed by atoms with Crippen molar-refractivity contribution in [2.45, 2.75) is 32.1 Å². The fourth-order valence-corrected chi connectivity index (χ4v) is 2.59. The van der Waals surface area contributed by atoms with E-state index < -0.39 is 0 Å². The summed E-state index contributed by atoms with van der Waals surface area (Å²) in [7, 11) is 0. The zero-order chi connectivity index (χ0) is 8.39. The first-order chi connectivity index (χ1) is 5.86. The second-order valence-corrected chi connectivity index (χ2v) is 4.29. The molecule has 0 atom stereocenters. The van der Waals surface area contributed by atoms with Crippen LogP contribution >= 0.6 is 11.8 Å². The van der Waals surface area contributed by atoms with Gasteiger partial charge in [-0.15, -0.1) is 0 Å². The first-order valence-corrected chi connectivity index (χ1v) is 5.49. The lowest BCUT2D eigenvalue weighted by molar-refractivity contribution is 0.262. The third-order valence-electron chi connectivity index (χ3n) is 2.46. The van der Waals surface area contributed by atoms with Crippen molar-refractivity contribution in [2.24, 2.45) is 0 Å².